The Bertz CT molecular complexity index is 1010. The Morgan fingerprint density at radius 2 is 1.93 bits per heavy atom. The van der Waals surface area contributed by atoms with E-state index in [1.54, 1.807) is 12.1 Å². The number of aryl methyl sites for hydroxylation is 1. The van der Waals surface area contributed by atoms with Crippen LogP contribution in [-0.2, 0) is 13.1 Å². The molecule has 0 aliphatic heterocycles. The van der Waals surface area contributed by atoms with Crippen molar-refractivity contribution in [2.24, 2.45) is 0 Å². The molecule has 0 bridgehead atoms. The number of nitrogens with one attached hydrogen (secondary N) is 2. The lowest BCUT2D eigenvalue weighted by Gasteiger charge is -2.25. The second-order valence-corrected chi connectivity index (χ2v) is 6.87. The number of para-hydroxylation sites is 1. The van der Waals surface area contributed by atoms with Crippen LogP contribution in [0.4, 0.5) is 4.39 Å². The minimum absolute atomic E-state index is 0.125. The fraction of sp³-hybridized carbons (Fsp3) is 0.238. The van der Waals surface area contributed by atoms with Gasteiger partial charge in [0.05, 0.1) is 12.1 Å². The summed E-state index contributed by atoms with van der Waals surface area (Å²) in [5.41, 5.74) is 3.31. The maximum Gasteiger partial charge on any atom is 0.253 e. The Morgan fingerprint density at radius 1 is 1.19 bits per heavy atom. The van der Waals surface area contributed by atoms with Gasteiger partial charge in [0.15, 0.2) is 5.11 Å². The van der Waals surface area contributed by atoms with E-state index in [0.717, 1.165) is 22.0 Å². The van der Waals surface area contributed by atoms with Gasteiger partial charge in [0.2, 0.25) is 0 Å². The highest BCUT2D eigenvalue weighted by Gasteiger charge is 2.14. The molecule has 0 amide bonds. The summed E-state index contributed by atoms with van der Waals surface area (Å²) in [4.78, 5) is 17.5. The van der Waals surface area contributed by atoms with Crippen molar-refractivity contribution in [3.05, 3.63) is 81.4 Å². The fourth-order valence-corrected chi connectivity index (χ4v) is 3.30. The number of thiocarbonyl (C=S) groups is 1. The predicted molar refractivity (Wildman–Crippen MR) is 111 cm³/mol. The molecular formula is C21H22FN3OS. The molecule has 2 N–H and O–H groups in total. The van der Waals surface area contributed by atoms with Gasteiger partial charge in [-0.25, -0.2) is 4.39 Å². The van der Waals surface area contributed by atoms with Crippen LogP contribution in [0.1, 0.15) is 23.6 Å². The molecule has 0 saturated carbocycles. The molecular weight excluding hydrogens is 361 g/mol. The topological polar surface area (TPSA) is 48.1 Å². The molecule has 6 heteroatoms. The Kier molecular flexibility index (Phi) is 5.86. The number of aromatic nitrogens is 1. The quantitative estimate of drug-likeness (QED) is 0.657. The smallest absolute Gasteiger partial charge is 0.253 e. The molecule has 0 fully saturated rings. The standard InChI is InChI=1S/C21H22FN3OS/c1-3-23-21(27)25(12-15-7-9-18(22)10-8-15)13-17-11-16-6-4-5-14(2)19(16)24-20(17)26/h4-11H,3,12-13H2,1-2H3,(H,23,27)(H,24,26). The van der Waals surface area contributed by atoms with Crippen molar-refractivity contribution in [3.63, 3.8) is 0 Å². The maximum absolute atomic E-state index is 13.2. The van der Waals surface area contributed by atoms with E-state index >= 15 is 0 Å². The van der Waals surface area contributed by atoms with Crippen LogP contribution in [0.2, 0.25) is 0 Å². The highest BCUT2D eigenvalue weighted by atomic mass is 32.1. The number of pyridine rings is 1. The summed E-state index contributed by atoms with van der Waals surface area (Å²) in [5, 5.41) is 4.68. The first-order valence-corrected chi connectivity index (χ1v) is 9.27. The van der Waals surface area contributed by atoms with Gasteiger partial charge >= 0.3 is 0 Å². The van der Waals surface area contributed by atoms with Crippen LogP contribution in [0.3, 0.4) is 0 Å². The first-order chi connectivity index (χ1) is 13.0. The zero-order valence-electron chi connectivity index (χ0n) is 15.4. The molecule has 0 saturated heterocycles. The average Bonchev–Trinajstić information content (AvgIpc) is 2.64. The van der Waals surface area contributed by atoms with E-state index in [4.69, 9.17) is 12.2 Å². The summed E-state index contributed by atoms with van der Waals surface area (Å²) in [6.07, 6.45) is 0. The summed E-state index contributed by atoms with van der Waals surface area (Å²) < 4.78 is 13.2. The van der Waals surface area contributed by atoms with E-state index in [1.165, 1.54) is 12.1 Å². The average molecular weight is 383 g/mol. The Labute approximate surface area is 163 Å². The first-order valence-electron chi connectivity index (χ1n) is 8.86. The van der Waals surface area contributed by atoms with Gasteiger partial charge in [-0.2, -0.15) is 0 Å². The van der Waals surface area contributed by atoms with Crippen LogP contribution in [-0.4, -0.2) is 21.5 Å². The fourth-order valence-electron chi connectivity index (χ4n) is 3.02. The van der Waals surface area contributed by atoms with Gasteiger partial charge in [-0.05, 0) is 60.8 Å². The second kappa shape index (κ2) is 8.31. The van der Waals surface area contributed by atoms with Crippen molar-refractivity contribution >= 4 is 28.2 Å². The first kappa shape index (κ1) is 19.0. The largest absolute Gasteiger partial charge is 0.363 e. The number of benzene rings is 2. The van der Waals surface area contributed by atoms with Crippen LogP contribution >= 0.6 is 12.2 Å². The number of halogens is 1. The number of rotatable bonds is 5. The molecule has 27 heavy (non-hydrogen) atoms. The van der Waals surface area contributed by atoms with Crippen LogP contribution < -0.4 is 10.9 Å². The van der Waals surface area contributed by atoms with E-state index in [2.05, 4.69) is 10.3 Å². The lowest BCUT2D eigenvalue weighted by atomic mass is 10.1. The molecule has 0 spiro atoms. The summed E-state index contributed by atoms with van der Waals surface area (Å²) in [7, 11) is 0. The molecule has 2 aromatic carbocycles. The molecule has 140 valence electrons. The Morgan fingerprint density at radius 3 is 2.63 bits per heavy atom. The van der Waals surface area contributed by atoms with Gasteiger partial charge in [-0.15, -0.1) is 0 Å². The third-order valence-corrected chi connectivity index (χ3v) is 4.83. The lowest BCUT2D eigenvalue weighted by molar-refractivity contribution is 0.398. The summed E-state index contributed by atoms with van der Waals surface area (Å²) in [6, 6.07) is 14.1. The number of hydrogen-bond acceptors (Lipinski definition) is 2. The van der Waals surface area contributed by atoms with Gasteiger partial charge in [0.25, 0.3) is 5.56 Å². The van der Waals surface area contributed by atoms with E-state index in [-0.39, 0.29) is 11.4 Å². The van der Waals surface area contributed by atoms with Gasteiger partial charge in [-0.1, -0.05) is 30.3 Å². The molecule has 0 aliphatic rings. The van der Waals surface area contributed by atoms with Crippen molar-refractivity contribution in [2.75, 3.05) is 6.54 Å². The molecule has 1 heterocycles. The third-order valence-electron chi connectivity index (χ3n) is 4.43. The van der Waals surface area contributed by atoms with Gasteiger partial charge < -0.3 is 15.2 Å². The molecule has 3 aromatic rings. The number of fused-ring (bicyclic) bond motifs is 1. The molecule has 3 rings (SSSR count). The van der Waals surface area contributed by atoms with E-state index < -0.39 is 0 Å². The Hall–Kier alpha value is -2.73. The minimum Gasteiger partial charge on any atom is -0.363 e. The summed E-state index contributed by atoms with van der Waals surface area (Å²) in [6.45, 7) is 5.47. The predicted octanol–water partition coefficient (Wildman–Crippen LogP) is 3.87. The van der Waals surface area contributed by atoms with Crippen LogP contribution in [0, 0.1) is 12.7 Å². The van der Waals surface area contributed by atoms with Crippen molar-refractivity contribution < 1.29 is 4.39 Å². The van der Waals surface area contributed by atoms with Gasteiger partial charge in [-0.3, -0.25) is 4.79 Å². The molecule has 1 aromatic heterocycles. The van der Waals surface area contributed by atoms with Crippen LogP contribution in [0.15, 0.2) is 53.3 Å². The lowest BCUT2D eigenvalue weighted by Crippen LogP contribution is -2.39. The van der Waals surface area contributed by atoms with Crippen molar-refractivity contribution in [3.8, 4) is 0 Å². The van der Waals surface area contributed by atoms with Crippen molar-refractivity contribution in [2.45, 2.75) is 26.9 Å². The van der Waals surface area contributed by atoms with Gasteiger partial charge in [0.1, 0.15) is 5.82 Å². The van der Waals surface area contributed by atoms with Gasteiger partial charge in [0, 0.05) is 18.7 Å². The molecule has 0 radical (unpaired) electrons. The minimum atomic E-state index is -0.277. The van der Waals surface area contributed by atoms with Crippen LogP contribution in [0.25, 0.3) is 10.9 Å². The zero-order valence-corrected chi connectivity index (χ0v) is 16.2. The van der Waals surface area contributed by atoms with Crippen LogP contribution in [0.5, 0.6) is 0 Å². The molecule has 0 unspecified atom stereocenters. The van der Waals surface area contributed by atoms with E-state index in [9.17, 15) is 9.18 Å². The number of aromatic amines is 1. The highest BCUT2D eigenvalue weighted by Crippen LogP contribution is 2.17. The van der Waals surface area contributed by atoms with E-state index in [1.807, 2.05) is 43.0 Å². The van der Waals surface area contributed by atoms with E-state index in [0.29, 0.717) is 30.3 Å². The monoisotopic (exact) mass is 383 g/mol. The third kappa shape index (κ3) is 4.52. The molecule has 0 aliphatic carbocycles. The summed E-state index contributed by atoms with van der Waals surface area (Å²) >= 11 is 5.49. The Balaban J connectivity index is 1.92. The molecule has 0 atom stereocenters. The van der Waals surface area contributed by atoms with Crippen molar-refractivity contribution in [1.82, 2.24) is 15.2 Å². The number of hydrogen-bond donors (Lipinski definition) is 2. The second-order valence-electron chi connectivity index (χ2n) is 6.48. The molecule has 4 nitrogen and oxygen atoms in total. The SMILES string of the molecule is CCNC(=S)N(Cc1ccc(F)cc1)Cc1cc2cccc(C)c2[nH]c1=O. The zero-order chi connectivity index (χ0) is 19.4. The normalized spacial score (nSPS) is 10.8. The summed E-state index contributed by atoms with van der Waals surface area (Å²) in [5.74, 6) is -0.277. The highest BCUT2D eigenvalue weighted by molar-refractivity contribution is 7.80. The van der Waals surface area contributed by atoms with Crippen molar-refractivity contribution in [1.29, 1.82) is 0 Å². The maximum atomic E-state index is 13.2. The number of nitrogens with zero attached hydrogens (tertiary/aromatic N) is 1. The number of H-pyrrole nitrogens is 1.